The molecule has 21 nitrogen and oxygen atoms in total. The zero-order valence-corrected chi connectivity index (χ0v) is 42.7. The number of hydrogen-bond donors (Lipinski definition) is 7. The van der Waals surface area contributed by atoms with Gasteiger partial charge < -0.3 is 87.9 Å². The molecule has 0 unspecified atom stereocenters. The number of aliphatic hydroxyl groups is 7. The zero-order chi connectivity index (χ0) is 52.1. The summed E-state index contributed by atoms with van der Waals surface area (Å²) in [5.41, 5.74) is 0.261. The van der Waals surface area contributed by atoms with Crippen LogP contribution in [-0.4, -0.2) is 189 Å². The van der Waals surface area contributed by atoms with Gasteiger partial charge in [-0.3, -0.25) is 9.59 Å². The van der Waals surface area contributed by atoms with Crippen LogP contribution in [0.3, 0.4) is 0 Å². The van der Waals surface area contributed by atoms with Gasteiger partial charge in [0.1, 0.15) is 61.0 Å². The van der Waals surface area contributed by atoms with Gasteiger partial charge in [0.15, 0.2) is 43.5 Å². The molecule has 5 rings (SSSR count). The topological polar surface area (TPSA) is 294 Å². The van der Waals surface area contributed by atoms with E-state index in [1.165, 1.54) is 26.8 Å². The number of carbonyl (C=O) groups is 3. The Morgan fingerprint density at radius 1 is 0.662 bits per heavy atom. The number of fused-ring (bicyclic) bond motifs is 4. The Morgan fingerprint density at radius 2 is 1.27 bits per heavy atom. The average Bonchev–Trinajstić information content (AvgIpc) is 3.34. The third-order valence-electron chi connectivity index (χ3n) is 14.4. The summed E-state index contributed by atoms with van der Waals surface area (Å²) >= 11 is 0. The molecule has 0 radical (unpaired) electrons. The number of ether oxygens (including phenoxy) is 11. The predicted molar refractivity (Wildman–Crippen MR) is 249 cm³/mol. The van der Waals surface area contributed by atoms with E-state index in [-0.39, 0.29) is 18.1 Å². The lowest BCUT2D eigenvalue weighted by atomic mass is 9.95. The van der Waals surface area contributed by atoms with Gasteiger partial charge in [0, 0.05) is 12.0 Å². The van der Waals surface area contributed by atoms with E-state index in [9.17, 15) is 50.1 Å². The molecule has 5 saturated heterocycles. The van der Waals surface area contributed by atoms with Gasteiger partial charge in [0.25, 0.3) is 0 Å². The minimum Gasteiger partial charge on any atom is -0.455 e. The SMILES string of the molecule is C/C=C(\C)C(=O)O[C@H]1[C@@H](O)[C@@H](O)[C@H](O[C@@H]2[C@@H]3OC(=O)CCCCCCCCC[C@H](CCCCC)O[C@@H]4O[C@@H](C)[C@H](O)[C@@H](O)[C@H]4O[C@@H]4O[C@H](CO)[C@@H](O)[C@@H](O)[C@@H]4O[C@H](O[C@@H]2C)[C@@H]3OC(=O)[C@@H](C)CC)O[C@@H]1C. The molecule has 0 aliphatic carbocycles. The minimum atomic E-state index is -1.92. The highest BCUT2D eigenvalue weighted by Gasteiger charge is 2.58. The smallest absolute Gasteiger partial charge is 0.333 e. The fourth-order valence-electron chi connectivity index (χ4n) is 9.42. The number of unbranched alkanes of at least 4 members (excludes halogenated alkanes) is 2. The van der Waals surface area contributed by atoms with Crippen LogP contribution in [0.25, 0.3) is 0 Å². The Hall–Kier alpha value is -2.45. The van der Waals surface area contributed by atoms with Crippen molar-refractivity contribution in [3.63, 3.8) is 0 Å². The Kier molecular flexibility index (Phi) is 23.8. The second-order valence-electron chi connectivity index (χ2n) is 19.9. The molecule has 0 amide bonds. The number of esters is 3. The Labute approximate surface area is 417 Å². The Balaban J connectivity index is 1.55. The van der Waals surface area contributed by atoms with Crippen LogP contribution in [0.1, 0.15) is 145 Å². The first-order chi connectivity index (χ1) is 33.8. The Morgan fingerprint density at radius 3 is 1.92 bits per heavy atom. The molecule has 22 atom stereocenters. The fourth-order valence-corrected chi connectivity index (χ4v) is 9.42. The van der Waals surface area contributed by atoms with E-state index in [0.717, 1.165) is 51.4 Å². The number of carbonyl (C=O) groups excluding carboxylic acids is 3. The average molecular weight is 1020 g/mol. The summed E-state index contributed by atoms with van der Waals surface area (Å²) in [6.07, 6.45) is -19.4. The van der Waals surface area contributed by atoms with Crippen molar-refractivity contribution in [1.29, 1.82) is 0 Å². The van der Waals surface area contributed by atoms with Crippen molar-refractivity contribution < 1.29 is 102 Å². The second kappa shape index (κ2) is 28.4. The second-order valence-corrected chi connectivity index (χ2v) is 19.9. The highest BCUT2D eigenvalue weighted by Crippen LogP contribution is 2.38. The molecule has 410 valence electrons. The quantitative estimate of drug-likeness (QED) is 0.0640. The Bertz CT molecular complexity index is 1670. The van der Waals surface area contributed by atoms with Crippen LogP contribution in [0, 0.1) is 5.92 Å². The number of rotatable bonds is 12. The van der Waals surface area contributed by atoms with E-state index in [4.69, 9.17) is 52.1 Å². The first kappa shape index (κ1) is 59.4. The highest BCUT2D eigenvalue weighted by atomic mass is 16.8. The summed E-state index contributed by atoms with van der Waals surface area (Å²) < 4.78 is 68.3. The number of aliphatic hydroxyl groups excluding tert-OH is 7. The summed E-state index contributed by atoms with van der Waals surface area (Å²) in [6.45, 7) is 12.4. The number of hydrogen-bond acceptors (Lipinski definition) is 21. The van der Waals surface area contributed by atoms with Crippen LogP contribution in [0.4, 0.5) is 0 Å². The minimum absolute atomic E-state index is 0.0407. The zero-order valence-electron chi connectivity index (χ0n) is 42.7. The number of allylic oxidation sites excluding steroid dienone is 1. The van der Waals surface area contributed by atoms with E-state index in [1.807, 2.05) is 0 Å². The van der Waals surface area contributed by atoms with Crippen molar-refractivity contribution in [2.45, 2.75) is 274 Å². The maximum absolute atomic E-state index is 13.9. The molecule has 21 heteroatoms. The molecule has 7 N–H and O–H groups in total. The molecule has 71 heavy (non-hydrogen) atoms. The molecule has 0 aromatic carbocycles. The molecule has 5 aliphatic heterocycles. The van der Waals surface area contributed by atoms with Gasteiger partial charge in [-0.1, -0.05) is 84.6 Å². The third kappa shape index (κ3) is 15.6. The third-order valence-corrected chi connectivity index (χ3v) is 14.4. The van der Waals surface area contributed by atoms with Gasteiger partial charge >= 0.3 is 17.9 Å². The summed E-state index contributed by atoms with van der Waals surface area (Å²) in [5.74, 6) is -2.91. The van der Waals surface area contributed by atoms with E-state index >= 15 is 0 Å². The molecular weight excluding hydrogens is 937 g/mol. The lowest BCUT2D eigenvalue weighted by Gasteiger charge is -2.50. The van der Waals surface area contributed by atoms with E-state index < -0.39 is 153 Å². The summed E-state index contributed by atoms with van der Waals surface area (Å²) in [7, 11) is 0. The summed E-state index contributed by atoms with van der Waals surface area (Å²) in [4.78, 5) is 40.5. The lowest BCUT2D eigenvalue weighted by molar-refractivity contribution is -0.399. The molecule has 0 saturated carbocycles. The van der Waals surface area contributed by atoms with Gasteiger partial charge in [0.05, 0.1) is 36.9 Å². The molecule has 0 aromatic rings. The molecule has 2 bridgehead atoms. The summed E-state index contributed by atoms with van der Waals surface area (Å²) in [5, 5.41) is 78.9. The lowest BCUT2D eigenvalue weighted by Crippen LogP contribution is -2.68. The van der Waals surface area contributed by atoms with Gasteiger partial charge in [0.2, 0.25) is 0 Å². The maximum atomic E-state index is 13.9. The van der Waals surface area contributed by atoms with Crippen LogP contribution in [0.15, 0.2) is 11.6 Å². The molecular formula is C50H84O21. The first-order valence-corrected chi connectivity index (χ1v) is 26.0. The van der Waals surface area contributed by atoms with Crippen molar-refractivity contribution in [3.8, 4) is 0 Å². The van der Waals surface area contributed by atoms with E-state index in [2.05, 4.69) is 6.92 Å². The predicted octanol–water partition coefficient (Wildman–Crippen LogP) is 2.50. The fraction of sp³-hybridized carbons (Fsp3) is 0.900. The van der Waals surface area contributed by atoms with Crippen molar-refractivity contribution in [1.82, 2.24) is 0 Å². The largest absolute Gasteiger partial charge is 0.455 e. The monoisotopic (exact) mass is 1020 g/mol. The van der Waals surface area contributed by atoms with Crippen molar-refractivity contribution in [3.05, 3.63) is 11.6 Å². The van der Waals surface area contributed by atoms with Crippen molar-refractivity contribution >= 4 is 17.9 Å². The van der Waals surface area contributed by atoms with Crippen molar-refractivity contribution in [2.24, 2.45) is 5.92 Å². The standard InChI is InChI=1S/C50H84O21/c1-9-12-18-21-30-22-19-16-14-13-15-17-20-23-32(52)66-43-40(69-47-38(58)37(57)39(28(7)62-47)67-45(59)25(4)10-2)29(8)63-50(44(43)68-46(60)26(5)11-3)71-42-36(56)34(54)31(24-51)65-49(42)70-41-35(55)33(53)27(6)61-48(41)64-30/h10,26-31,33-44,47-51,53-58H,9,11-24H2,1-8H3/b25-10+/t26-,27-,28+,29+,30-,31+,33-,34+,35+,36+,37-,38+,39+,40-,41+,42-,43-,44+,47-,48-,49-,50-/m0/s1. The van der Waals surface area contributed by atoms with Gasteiger partial charge in [-0.25, -0.2) is 4.79 Å². The molecule has 0 spiro atoms. The van der Waals surface area contributed by atoms with Crippen LogP contribution in [0.2, 0.25) is 0 Å². The maximum Gasteiger partial charge on any atom is 0.333 e. The van der Waals surface area contributed by atoms with Crippen LogP contribution in [0.5, 0.6) is 0 Å². The van der Waals surface area contributed by atoms with Gasteiger partial charge in [-0.2, -0.15) is 0 Å². The normalized spacial score (nSPS) is 42.2. The van der Waals surface area contributed by atoms with Gasteiger partial charge in [-0.05, 0) is 60.3 Å². The molecule has 5 heterocycles. The van der Waals surface area contributed by atoms with E-state index in [0.29, 0.717) is 32.1 Å². The summed E-state index contributed by atoms with van der Waals surface area (Å²) in [6, 6.07) is 0. The van der Waals surface area contributed by atoms with Crippen LogP contribution >= 0.6 is 0 Å². The first-order valence-electron chi connectivity index (χ1n) is 26.0. The van der Waals surface area contributed by atoms with Crippen LogP contribution < -0.4 is 0 Å². The molecule has 0 aromatic heterocycles. The highest BCUT2D eigenvalue weighted by molar-refractivity contribution is 5.87. The molecule has 5 aliphatic rings. The van der Waals surface area contributed by atoms with Crippen LogP contribution in [-0.2, 0) is 66.5 Å². The van der Waals surface area contributed by atoms with E-state index in [1.54, 1.807) is 27.7 Å². The van der Waals surface area contributed by atoms with Gasteiger partial charge in [-0.15, -0.1) is 0 Å². The molecule has 5 fully saturated rings. The van der Waals surface area contributed by atoms with Crippen molar-refractivity contribution in [2.75, 3.05) is 6.61 Å².